The Hall–Kier alpha value is -1.39. The monoisotopic (exact) mass is 258 g/mol. The number of imidazole rings is 1. The third kappa shape index (κ3) is 2.38. The maximum Gasteiger partial charge on any atom is 0.123 e. The molecule has 1 aliphatic rings. The maximum absolute atomic E-state index is 4.77. The molecule has 0 aliphatic carbocycles. The van der Waals surface area contributed by atoms with Gasteiger partial charge in [-0.1, -0.05) is 12.1 Å². The third-order valence-electron chi connectivity index (χ3n) is 4.12. The van der Waals surface area contributed by atoms with Gasteiger partial charge in [-0.3, -0.25) is 4.90 Å². The summed E-state index contributed by atoms with van der Waals surface area (Å²) in [6, 6.07) is 9.47. The second-order valence-corrected chi connectivity index (χ2v) is 5.66. The predicted molar refractivity (Wildman–Crippen MR) is 78.1 cm³/mol. The number of piperazine rings is 1. The van der Waals surface area contributed by atoms with E-state index in [4.69, 9.17) is 4.98 Å². The molecule has 1 N–H and O–H groups in total. The largest absolute Gasteiger partial charge is 0.330 e. The van der Waals surface area contributed by atoms with Gasteiger partial charge in [0, 0.05) is 32.2 Å². The van der Waals surface area contributed by atoms with Gasteiger partial charge >= 0.3 is 0 Å². The standard InChI is InChI=1S/C15H22N4/c1-11-9-19(12(2)8-16-11)10-15-17-13-6-4-5-7-14(13)18(15)3/h4-7,11-12,16H,8-10H2,1-3H3. The fraction of sp³-hybridized carbons (Fsp3) is 0.533. The van der Waals surface area contributed by atoms with Crippen LogP contribution in [0.25, 0.3) is 11.0 Å². The van der Waals surface area contributed by atoms with Crippen LogP contribution in [-0.2, 0) is 13.6 Å². The number of para-hydroxylation sites is 2. The first-order valence-electron chi connectivity index (χ1n) is 7.03. The number of aromatic nitrogens is 2. The fourth-order valence-electron chi connectivity index (χ4n) is 2.84. The van der Waals surface area contributed by atoms with E-state index in [1.165, 1.54) is 5.52 Å². The molecule has 1 aromatic heterocycles. The van der Waals surface area contributed by atoms with Crippen LogP contribution in [0.2, 0.25) is 0 Å². The van der Waals surface area contributed by atoms with Crippen molar-refractivity contribution in [3.8, 4) is 0 Å². The van der Waals surface area contributed by atoms with Crippen LogP contribution in [-0.4, -0.2) is 39.6 Å². The topological polar surface area (TPSA) is 33.1 Å². The van der Waals surface area contributed by atoms with E-state index >= 15 is 0 Å². The Labute approximate surface area is 114 Å². The lowest BCUT2D eigenvalue weighted by molar-refractivity contribution is 0.134. The molecule has 3 rings (SSSR count). The Morgan fingerprint density at radius 2 is 2.11 bits per heavy atom. The number of hydrogen-bond acceptors (Lipinski definition) is 3. The molecular formula is C15H22N4. The summed E-state index contributed by atoms with van der Waals surface area (Å²) in [7, 11) is 2.11. The maximum atomic E-state index is 4.77. The van der Waals surface area contributed by atoms with E-state index in [0.717, 1.165) is 31.0 Å². The van der Waals surface area contributed by atoms with Gasteiger partial charge in [-0.15, -0.1) is 0 Å². The Morgan fingerprint density at radius 1 is 1.32 bits per heavy atom. The van der Waals surface area contributed by atoms with Crippen molar-refractivity contribution >= 4 is 11.0 Å². The molecule has 1 aromatic carbocycles. The molecule has 2 heterocycles. The highest BCUT2D eigenvalue weighted by molar-refractivity contribution is 5.75. The number of fused-ring (bicyclic) bond motifs is 1. The summed E-state index contributed by atoms with van der Waals surface area (Å²) < 4.78 is 2.22. The van der Waals surface area contributed by atoms with Crippen LogP contribution in [0.5, 0.6) is 0 Å². The molecule has 0 bridgehead atoms. The Kier molecular flexibility index (Phi) is 3.29. The molecule has 1 aliphatic heterocycles. The second kappa shape index (κ2) is 4.94. The minimum absolute atomic E-state index is 0.561. The molecule has 4 nitrogen and oxygen atoms in total. The summed E-state index contributed by atoms with van der Waals surface area (Å²) in [4.78, 5) is 7.28. The molecule has 4 heteroatoms. The summed E-state index contributed by atoms with van der Waals surface area (Å²) in [5.41, 5.74) is 2.31. The van der Waals surface area contributed by atoms with Crippen molar-refractivity contribution in [3.05, 3.63) is 30.1 Å². The second-order valence-electron chi connectivity index (χ2n) is 5.66. The molecule has 1 saturated heterocycles. The van der Waals surface area contributed by atoms with Crippen molar-refractivity contribution in [1.29, 1.82) is 0 Å². The van der Waals surface area contributed by atoms with E-state index in [1.807, 2.05) is 0 Å². The Bertz CT molecular complexity index is 575. The zero-order chi connectivity index (χ0) is 13.4. The third-order valence-corrected chi connectivity index (χ3v) is 4.12. The van der Waals surface area contributed by atoms with Crippen LogP contribution in [0.4, 0.5) is 0 Å². The van der Waals surface area contributed by atoms with Crippen molar-refractivity contribution in [1.82, 2.24) is 19.8 Å². The van der Waals surface area contributed by atoms with Gasteiger partial charge in [-0.2, -0.15) is 0 Å². The average Bonchev–Trinajstić information content (AvgIpc) is 2.72. The van der Waals surface area contributed by atoms with E-state index in [9.17, 15) is 0 Å². The number of rotatable bonds is 2. The van der Waals surface area contributed by atoms with Crippen molar-refractivity contribution in [2.75, 3.05) is 13.1 Å². The molecule has 2 aromatic rings. The molecule has 19 heavy (non-hydrogen) atoms. The molecular weight excluding hydrogens is 236 g/mol. The molecule has 0 radical (unpaired) electrons. The SMILES string of the molecule is CC1CN(Cc2nc3ccccc3n2C)C(C)CN1. The van der Waals surface area contributed by atoms with Gasteiger partial charge < -0.3 is 9.88 Å². The van der Waals surface area contributed by atoms with Crippen LogP contribution < -0.4 is 5.32 Å². The number of aryl methyl sites for hydroxylation is 1. The van der Waals surface area contributed by atoms with Gasteiger partial charge in [0.05, 0.1) is 17.6 Å². The molecule has 0 saturated carbocycles. The van der Waals surface area contributed by atoms with Crippen molar-refractivity contribution in [3.63, 3.8) is 0 Å². The van der Waals surface area contributed by atoms with Crippen LogP contribution in [0.1, 0.15) is 19.7 Å². The molecule has 0 spiro atoms. The van der Waals surface area contributed by atoms with E-state index < -0.39 is 0 Å². The van der Waals surface area contributed by atoms with E-state index in [2.05, 4.69) is 59.9 Å². The van der Waals surface area contributed by atoms with Gasteiger partial charge in [0.1, 0.15) is 5.82 Å². The predicted octanol–water partition coefficient (Wildman–Crippen LogP) is 1.76. The molecule has 2 unspecified atom stereocenters. The summed E-state index contributed by atoms with van der Waals surface area (Å²) in [6.07, 6.45) is 0. The first-order chi connectivity index (χ1) is 9.15. The number of nitrogens with one attached hydrogen (secondary N) is 1. The van der Waals surface area contributed by atoms with E-state index in [0.29, 0.717) is 12.1 Å². The minimum atomic E-state index is 0.561. The normalized spacial score (nSPS) is 25.0. The van der Waals surface area contributed by atoms with Gasteiger partial charge in [0.15, 0.2) is 0 Å². The summed E-state index contributed by atoms with van der Waals surface area (Å²) in [5.74, 6) is 1.15. The highest BCUT2D eigenvalue weighted by Gasteiger charge is 2.23. The highest BCUT2D eigenvalue weighted by atomic mass is 15.2. The number of nitrogens with zero attached hydrogens (tertiary/aromatic N) is 3. The summed E-state index contributed by atoms with van der Waals surface area (Å²) in [5, 5.41) is 3.52. The van der Waals surface area contributed by atoms with Crippen LogP contribution in [0.15, 0.2) is 24.3 Å². The van der Waals surface area contributed by atoms with Gasteiger partial charge in [-0.25, -0.2) is 4.98 Å². The fourth-order valence-corrected chi connectivity index (χ4v) is 2.84. The first kappa shape index (κ1) is 12.6. The van der Waals surface area contributed by atoms with Crippen LogP contribution >= 0.6 is 0 Å². The van der Waals surface area contributed by atoms with Gasteiger partial charge in [0.25, 0.3) is 0 Å². The lowest BCUT2D eigenvalue weighted by Crippen LogP contribution is -2.53. The Balaban J connectivity index is 1.86. The molecule has 1 fully saturated rings. The molecule has 2 atom stereocenters. The van der Waals surface area contributed by atoms with Crippen molar-refractivity contribution < 1.29 is 0 Å². The highest BCUT2D eigenvalue weighted by Crippen LogP contribution is 2.17. The molecule has 102 valence electrons. The van der Waals surface area contributed by atoms with Crippen LogP contribution in [0.3, 0.4) is 0 Å². The summed E-state index contributed by atoms with van der Waals surface area (Å²) in [6.45, 7) is 7.60. The first-order valence-corrected chi connectivity index (χ1v) is 7.03. The van der Waals surface area contributed by atoms with Crippen molar-refractivity contribution in [2.24, 2.45) is 7.05 Å². The van der Waals surface area contributed by atoms with Gasteiger partial charge in [-0.05, 0) is 26.0 Å². The Morgan fingerprint density at radius 3 is 2.89 bits per heavy atom. The zero-order valence-electron chi connectivity index (χ0n) is 11.9. The van der Waals surface area contributed by atoms with Crippen molar-refractivity contribution in [2.45, 2.75) is 32.5 Å². The lowest BCUT2D eigenvalue weighted by atomic mass is 10.1. The molecule has 0 amide bonds. The van der Waals surface area contributed by atoms with Crippen LogP contribution in [0, 0.1) is 0 Å². The average molecular weight is 258 g/mol. The summed E-state index contributed by atoms with van der Waals surface area (Å²) >= 11 is 0. The quantitative estimate of drug-likeness (QED) is 0.891. The van der Waals surface area contributed by atoms with E-state index in [-0.39, 0.29) is 0 Å². The van der Waals surface area contributed by atoms with Gasteiger partial charge in [0.2, 0.25) is 0 Å². The number of hydrogen-bond donors (Lipinski definition) is 1. The minimum Gasteiger partial charge on any atom is -0.330 e. The smallest absolute Gasteiger partial charge is 0.123 e. The lowest BCUT2D eigenvalue weighted by Gasteiger charge is -2.37. The van der Waals surface area contributed by atoms with E-state index in [1.54, 1.807) is 0 Å². The number of benzene rings is 1. The zero-order valence-corrected chi connectivity index (χ0v) is 11.9.